The van der Waals surface area contributed by atoms with Crippen LogP contribution >= 0.6 is 0 Å². The van der Waals surface area contributed by atoms with Gasteiger partial charge < -0.3 is 9.64 Å². The molecule has 6 nitrogen and oxygen atoms in total. The van der Waals surface area contributed by atoms with E-state index in [4.69, 9.17) is 4.74 Å². The van der Waals surface area contributed by atoms with Crippen molar-refractivity contribution in [3.8, 4) is 0 Å². The Morgan fingerprint density at radius 1 is 1.60 bits per heavy atom. The highest BCUT2D eigenvalue weighted by Gasteiger charge is 2.26. The minimum atomic E-state index is -0.944. The number of hydrogen-bond acceptors (Lipinski definition) is 4. The third kappa shape index (κ3) is 2.93. The van der Waals surface area contributed by atoms with Crippen LogP contribution in [0.4, 0.5) is 10.1 Å². The summed E-state index contributed by atoms with van der Waals surface area (Å²) < 4.78 is 18.7. The second-order valence-electron chi connectivity index (χ2n) is 4.58. The number of carbonyl (C=O) groups excluding carboxylic acids is 1. The van der Waals surface area contributed by atoms with Crippen molar-refractivity contribution in [2.45, 2.75) is 19.4 Å². The molecular weight excluding hydrogens is 267 g/mol. The Kier molecular flexibility index (Phi) is 4.29. The van der Waals surface area contributed by atoms with Crippen molar-refractivity contribution in [2.24, 2.45) is 0 Å². The summed E-state index contributed by atoms with van der Waals surface area (Å²) in [6, 6.07) is 3.19. The summed E-state index contributed by atoms with van der Waals surface area (Å²) in [7, 11) is 0. The summed E-state index contributed by atoms with van der Waals surface area (Å²) in [6.07, 6.45) is 0.760. The van der Waals surface area contributed by atoms with Crippen molar-refractivity contribution in [2.75, 3.05) is 19.7 Å². The van der Waals surface area contributed by atoms with Gasteiger partial charge in [-0.25, -0.2) is 0 Å². The van der Waals surface area contributed by atoms with Crippen LogP contribution in [0.3, 0.4) is 0 Å². The smallest absolute Gasteiger partial charge is 0.305 e. The molecule has 0 saturated carbocycles. The number of carbonyl (C=O) groups is 1. The number of nitro benzene ring substituents is 1. The van der Waals surface area contributed by atoms with Gasteiger partial charge in [0.25, 0.3) is 5.91 Å². The van der Waals surface area contributed by atoms with Gasteiger partial charge in [-0.3, -0.25) is 14.9 Å². The number of nitrogens with zero attached hydrogens (tertiary/aromatic N) is 2. The van der Waals surface area contributed by atoms with Gasteiger partial charge in [0.1, 0.15) is 0 Å². The minimum absolute atomic E-state index is 0.0249. The third-order valence-corrected chi connectivity index (χ3v) is 3.27. The van der Waals surface area contributed by atoms with Crippen LogP contribution in [0.2, 0.25) is 0 Å². The molecule has 0 bridgehead atoms. The van der Waals surface area contributed by atoms with Crippen molar-refractivity contribution in [1.29, 1.82) is 0 Å². The molecule has 108 valence electrons. The number of ether oxygens (including phenoxy) is 1. The molecule has 0 aromatic heterocycles. The van der Waals surface area contributed by atoms with Gasteiger partial charge >= 0.3 is 5.69 Å². The predicted octanol–water partition coefficient (Wildman–Crippen LogP) is 1.98. The van der Waals surface area contributed by atoms with Crippen molar-refractivity contribution in [1.82, 2.24) is 4.90 Å². The highest BCUT2D eigenvalue weighted by Crippen LogP contribution is 2.20. The van der Waals surface area contributed by atoms with Gasteiger partial charge in [-0.1, -0.05) is 6.92 Å². The highest BCUT2D eigenvalue weighted by molar-refractivity contribution is 5.95. The lowest BCUT2D eigenvalue weighted by Gasteiger charge is -2.32. The first-order chi connectivity index (χ1) is 9.52. The molecule has 0 spiro atoms. The van der Waals surface area contributed by atoms with Crippen LogP contribution in [-0.4, -0.2) is 41.5 Å². The standard InChI is InChI=1S/C13H15FN2O4/c1-2-10-8-15(5-6-20-10)13(17)9-3-4-11(14)12(7-9)16(18)19/h3-4,7,10H,2,5-6,8H2,1H3. The molecule has 0 radical (unpaired) electrons. The topological polar surface area (TPSA) is 72.7 Å². The van der Waals surface area contributed by atoms with Crippen molar-refractivity contribution < 1.29 is 18.8 Å². The maximum atomic E-state index is 13.3. The van der Waals surface area contributed by atoms with Gasteiger partial charge in [0, 0.05) is 24.7 Å². The Morgan fingerprint density at radius 2 is 2.35 bits per heavy atom. The minimum Gasteiger partial charge on any atom is -0.375 e. The maximum absolute atomic E-state index is 13.3. The Hall–Kier alpha value is -2.02. The fourth-order valence-electron chi connectivity index (χ4n) is 2.12. The molecule has 0 aliphatic carbocycles. The molecule has 1 heterocycles. The first kappa shape index (κ1) is 14.4. The van der Waals surface area contributed by atoms with E-state index in [1.165, 1.54) is 6.07 Å². The molecule has 1 saturated heterocycles. The van der Waals surface area contributed by atoms with E-state index in [0.29, 0.717) is 19.7 Å². The zero-order valence-corrected chi connectivity index (χ0v) is 11.0. The van der Waals surface area contributed by atoms with Crippen LogP contribution in [0, 0.1) is 15.9 Å². The van der Waals surface area contributed by atoms with E-state index in [-0.39, 0.29) is 17.6 Å². The number of amides is 1. The van der Waals surface area contributed by atoms with Crippen molar-refractivity contribution in [3.05, 3.63) is 39.7 Å². The summed E-state index contributed by atoms with van der Waals surface area (Å²) in [4.78, 5) is 23.7. The largest absolute Gasteiger partial charge is 0.375 e. The van der Waals surface area contributed by atoms with Gasteiger partial charge in [0.2, 0.25) is 5.82 Å². The third-order valence-electron chi connectivity index (χ3n) is 3.27. The molecule has 1 aromatic carbocycles. The van der Waals surface area contributed by atoms with E-state index < -0.39 is 16.4 Å². The summed E-state index contributed by atoms with van der Waals surface area (Å²) in [5, 5.41) is 10.7. The number of nitro groups is 1. The summed E-state index contributed by atoms with van der Waals surface area (Å²) in [6.45, 7) is 3.27. The van der Waals surface area contributed by atoms with E-state index >= 15 is 0 Å². The van der Waals surface area contributed by atoms with Crippen LogP contribution in [0.1, 0.15) is 23.7 Å². The molecule has 20 heavy (non-hydrogen) atoms. The van der Waals surface area contributed by atoms with Crippen LogP contribution in [-0.2, 0) is 4.74 Å². The van der Waals surface area contributed by atoms with Crippen LogP contribution in [0.15, 0.2) is 18.2 Å². The monoisotopic (exact) mass is 282 g/mol. The molecule has 1 aliphatic heterocycles. The summed E-state index contributed by atoms with van der Waals surface area (Å²) in [5.74, 6) is -1.28. The maximum Gasteiger partial charge on any atom is 0.305 e. The Balaban J connectivity index is 2.20. The average Bonchev–Trinajstić information content (AvgIpc) is 2.46. The zero-order chi connectivity index (χ0) is 14.7. The fraction of sp³-hybridized carbons (Fsp3) is 0.462. The Morgan fingerprint density at radius 3 is 3.00 bits per heavy atom. The normalized spacial score (nSPS) is 18.9. The number of hydrogen-bond donors (Lipinski definition) is 0. The van der Waals surface area contributed by atoms with Gasteiger partial charge in [0.05, 0.1) is 17.6 Å². The Bertz CT molecular complexity index is 535. The SMILES string of the molecule is CCC1CN(C(=O)c2ccc(F)c([N+](=O)[O-])c2)CCO1. The summed E-state index contributed by atoms with van der Waals surface area (Å²) >= 11 is 0. The molecule has 1 unspecified atom stereocenters. The fourth-order valence-corrected chi connectivity index (χ4v) is 2.12. The molecule has 1 aromatic rings. The van der Waals surface area contributed by atoms with E-state index in [1.807, 2.05) is 6.92 Å². The van der Waals surface area contributed by atoms with Crippen molar-refractivity contribution in [3.63, 3.8) is 0 Å². The second-order valence-corrected chi connectivity index (χ2v) is 4.58. The van der Waals surface area contributed by atoms with Gasteiger partial charge in [-0.2, -0.15) is 4.39 Å². The predicted molar refractivity (Wildman–Crippen MR) is 69.0 cm³/mol. The van der Waals surface area contributed by atoms with Crippen molar-refractivity contribution >= 4 is 11.6 Å². The molecule has 1 fully saturated rings. The molecule has 1 aliphatic rings. The van der Waals surface area contributed by atoms with E-state index in [1.54, 1.807) is 4.90 Å². The van der Waals surface area contributed by atoms with Crippen LogP contribution in [0.5, 0.6) is 0 Å². The van der Waals surface area contributed by atoms with Crippen LogP contribution < -0.4 is 0 Å². The quantitative estimate of drug-likeness (QED) is 0.627. The van der Waals surface area contributed by atoms with Gasteiger partial charge in [-0.15, -0.1) is 0 Å². The van der Waals surface area contributed by atoms with Gasteiger partial charge in [0.15, 0.2) is 0 Å². The number of benzene rings is 1. The highest BCUT2D eigenvalue weighted by atomic mass is 19.1. The first-order valence-corrected chi connectivity index (χ1v) is 6.37. The molecule has 0 N–H and O–H groups in total. The molecule has 7 heteroatoms. The Labute approximate surface area is 115 Å². The number of morpholine rings is 1. The lowest BCUT2D eigenvalue weighted by atomic mass is 10.1. The van der Waals surface area contributed by atoms with E-state index in [9.17, 15) is 19.3 Å². The lowest BCUT2D eigenvalue weighted by molar-refractivity contribution is -0.387. The molecule has 1 atom stereocenters. The molecule has 2 rings (SSSR count). The lowest BCUT2D eigenvalue weighted by Crippen LogP contribution is -2.45. The van der Waals surface area contributed by atoms with Crippen LogP contribution in [0.25, 0.3) is 0 Å². The molecule has 1 amide bonds. The van der Waals surface area contributed by atoms with E-state index in [2.05, 4.69) is 0 Å². The number of rotatable bonds is 3. The van der Waals surface area contributed by atoms with Gasteiger partial charge in [-0.05, 0) is 18.6 Å². The zero-order valence-electron chi connectivity index (χ0n) is 11.0. The first-order valence-electron chi connectivity index (χ1n) is 6.37. The second kappa shape index (κ2) is 5.96. The molecular formula is C13H15FN2O4. The average molecular weight is 282 g/mol. The van der Waals surface area contributed by atoms with E-state index in [0.717, 1.165) is 18.6 Å². The number of halogens is 1. The summed E-state index contributed by atoms with van der Waals surface area (Å²) in [5.41, 5.74) is -0.564.